The van der Waals surface area contributed by atoms with Crippen LogP contribution in [0.1, 0.15) is 0 Å². The second-order valence-corrected chi connectivity index (χ2v) is 4.45. The van der Waals surface area contributed by atoms with Crippen LogP contribution in [0.4, 0.5) is 0 Å². The maximum absolute atomic E-state index is 9.78. The molecule has 0 fully saturated rings. The largest absolute Gasteiger partial charge is 0.508 e. The number of ether oxygens (including phenoxy) is 1. The molecule has 0 aliphatic carbocycles. The molecular weight excluding hydrogens is 236 g/mol. The second-order valence-electron chi connectivity index (χ2n) is 4.45. The standard InChI is InChI=1S/C17H14O2/c1-19-15-10-13(9-14(18)11-15)17-8-4-6-12-5-2-3-7-16(12)17/h2-11,18H,1H3. The highest BCUT2D eigenvalue weighted by Crippen LogP contribution is 2.33. The number of phenolic OH excluding ortho intramolecular Hbond substituents is 1. The van der Waals surface area contributed by atoms with Gasteiger partial charge in [-0.3, -0.25) is 0 Å². The normalized spacial score (nSPS) is 10.6. The van der Waals surface area contributed by atoms with Crippen molar-refractivity contribution in [3.05, 3.63) is 60.7 Å². The zero-order chi connectivity index (χ0) is 13.2. The quantitative estimate of drug-likeness (QED) is 0.737. The fraction of sp³-hybridized carbons (Fsp3) is 0.0588. The van der Waals surface area contributed by atoms with Crippen molar-refractivity contribution in [3.63, 3.8) is 0 Å². The van der Waals surface area contributed by atoms with Crippen LogP contribution in [0.3, 0.4) is 0 Å². The molecule has 3 aromatic carbocycles. The number of aromatic hydroxyl groups is 1. The first-order valence-electron chi connectivity index (χ1n) is 6.14. The van der Waals surface area contributed by atoms with Gasteiger partial charge in [-0.1, -0.05) is 42.5 Å². The van der Waals surface area contributed by atoms with E-state index in [9.17, 15) is 5.11 Å². The minimum Gasteiger partial charge on any atom is -0.508 e. The Bertz CT molecular complexity index is 727. The van der Waals surface area contributed by atoms with Crippen LogP contribution in [0.2, 0.25) is 0 Å². The van der Waals surface area contributed by atoms with Gasteiger partial charge in [0.2, 0.25) is 0 Å². The number of phenols is 1. The molecule has 3 aromatic rings. The van der Waals surface area contributed by atoms with Gasteiger partial charge in [-0.25, -0.2) is 0 Å². The van der Waals surface area contributed by atoms with E-state index in [0.29, 0.717) is 5.75 Å². The van der Waals surface area contributed by atoms with E-state index >= 15 is 0 Å². The number of benzene rings is 3. The maximum Gasteiger partial charge on any atom is 0.123 e. The van der Waals surface area contributed by atoms with Crippen LogP contribution >= 0.6 is 0 Å². The van der Waals surface area contributed by atoms with Gasteiger partial charge >= 0.3 is 0 Å². The van der Waals surface area contributed by atoms with Crippen LogP contribution in [-0.2, 0) is 0 Å². The summed E-state index contributed by atoms with van der Waals surface area (Å²) in [6, 6.07) is 19.7. The maximum atomic E-state index is 9.78. The summed E-state index contributed by atoms with van der Waals surface area (Å²) in [4.78, 5) is 0. The third kappa shape index (κ3) is 2.13. The van der Waals surface area contributed by atoms with Gasteiger partial charge < -0.3 is 9.84 Å². The Labute approximate surface area is 111 Å². The van der Waals surface area contributed by atoms with Crippen molar-refractivity contribution in [2.45, 2.75) is 0 Å². The number of methoxy groups -OCH3 is 1. The molecule has 0 radical (unpaired) electrons. The molecule has 0 saturated heterocycles. The predicted molar refractivity (Wildman–Crippen MR) is 77.6 cm³/mol. The monoisotopic (exact) mass is 250 g/mol. The molecule has 0 aliphatic heterocycles. The molecule has 3 rings (SSSR count). The lowest BCUT2D eigenvalue weighted by atomic mass is 9.98. The van der Waals surface area contributed by atoms with Crippen LogP contribution in [0.5, 0.6) is 11.5 Å². The molecule has 0 heterocycles. The van der Waals surface area contributed by atoms with E-state index in [-0.39, 0.29) is 5.75 Å². The first-order chi connectivity index (χ1) is 9.28. The molecule has 0 atom stereocenters. The summed E-state index contributed by atoms with van der Waals surface area (Å²) in [6.07, 6.45) is 0. The molecule has 0 saturated carbocycles. The molecule has 0 amide bonds. The third-order valence-corrected chi connectivity index (χ3v) is 3.23. The highest BCUT2D eigenvalue weighted by Gasteiger charge is 2.06. The van der Waals surface area contributed by atoms with Crippen molar-refractivity contribution < 1.29 is 9.84 Å². The average molecular weight is 250 g/mol. The Balaban J connectivity index is 2.27. The fourth-order valence-corrected chi connectivity index (χ4v) is 2.33. The summed E-state index contributed by atoms with van der Waals surface area (Å²) < 4.78 is 5.21. The van der Waals surface area contributed by atoms with E-state index in [1.54, 1.807) is 19.2 Å². The smallest absolute Gasteiger partial charge is 0.123 e. The molecule has 0 bridgehead atoms. The Hall–Kier alpha value is -2.48. The van der Waals surface area contributed by atoms with E-state index in [1.165, 1.54) is 5.39 Å². The molecular formula is C17H14O2. The van der Waals surface area contributed by atoms with Crippen molar-refractivity contribution in [1.82, 2.24) is 0 Å². The minimum absolute atomic E-state index is 0.210. The van der Waals surface area contributed by atoms with Crippen LogP contribution in [0.15, 0.2) is 60.7 Å². The lowest BCUT2D eigenvalue weighted by Gasteiger charge is -2.09. The molecule has 94 valence electrons. The number of hydrogen-bond donors (Lipinski definition) is 1. The first-order valence-corrected chi connectivity index (χ1v) is 6.14. The molecule has 2 nitrogen and oxygen atoms in total. The summed E-state index contributed by atoms with van der Waals surface area (Å²) in [6.45, 7) is 0. The van der Waals surface area contributed by atoms with Crippen LogP contribution < -0.4 is 4.74 Å². The molecule has 0 aromatic heterocycles. The van der Waals surface area contributed by atoms with Gasteiger partial charge in [-0.15, -0.1) is 0 Å². The number of fused-ring (bicyclic) bond motifs is 1. The zero-order valence-corrected chi connectivity index (χ0v) is 10.6. The highest BCUT2D eigenvalue weighted by atomic mass is 16.5. The van der Waals surface area contributed by atoms with Gasteiger partial charge in [0.15, 0.2) is 0 Å². The molecule has 0 unspecified atom stereocenters. The summed E-state index contributed by atoms with van der Waals surface area (Å²) >= 11 is 0. The van der Waals surface area contributed by atoms with E-state index in [0.717, 1.165) is 16.5 Å². The first kappa shape index (κ1) is 11.6. The van der Waals surface area contributed by atoms with Gasteiger partial charge in [0.1, 0.15) is 11.5 Å². The van der Waals surface area contributed by atoms with Gasteiger partial charge in [0.05, 0.1) is 7.11 Å². The average Bonchev–Trinajstić information content (AvgIpc) is 2.46. The Morgan fingerprint density at radius 2 is 1.68 bits per heavy atom. The van der Waals surface area contributed by atoms with E-state index in [2.05, 4.69) is 24.3 Å². The Morgan fingerprint density at radius 3 is 2.53 bits per heavy atom. The minimum atomic E-state index is 0.210. The van der Waals surface area contributed by atoms with Gasteiger partial charge in [-0.05, 0) is 34.0 Å². The third-order valence-electron chi connectivity index (χ3n) is 3.23. The van der Waals surface area contributed by atoms with Gasteiger partial charge in [0, 0.05) is 6.07 Å². The Morgan fingerprint density at radius 1 is 0.895 bits per heavy atom. The summed E-state index contributed by atoms with van der Waals surface area (Å²) in [7, 11) is 1.60. The summed E-state index contributed by atoms with van der Waals surface area (Å²) in [5, 5.41) is 12.1. The lowest BCUT2D eigenvalue weighted by molar-refractivity contribution is 0.408. The summed E-state index contributed by atoms with van der Waals surface area (Å²) in [5.74, 6) is 0.866. The molecule has 19 heavy (non-hydrogen) atoms. The van der Waals surface area contributed by atoms with Crippen LogP contribution in [-0.4, -0.2) is 12.2 Å². The van der Waals surface area contributed by atoms with Crippen LogP contribution in [0, 0.1) is 0 Å². The van der Waals surface area contributed by atoms with Gasteiger partial charge in [-0.2, -0.15) is 0 Å². The lowest BCUT2D eigenvalue weighted by Crippen LogP contribution is -1.85. The van der Waals surface area contributed by atoms with Crippen molar-refractivity contribution in [3.8, 4) is 22.6 Å². The number of hydrogen-bond acceptors (Lipinski definition) is 2. The van der Waals surface area contributed by atoms with Crippen LogP contribution in [0.25, 0.3) is 21.9 Å². The molecule has 0 spiro atoms. The fourth-order valence-electron chi connectivity index (χ4n) is 2.33. The predicted octanol–water partition coefficient (Wildman–Crippen LogP) is 4.22. The zero-order valence-electron chi connectivity index (χ0n) is 10.6. The molecule has 0 aliphatic rings. The van der Waals surface area contributed by atoms with E-state index in [1.807, 2.05) is 24.3 Å². The van der Waals surface area contributed by atoms with Crippen molar-refractivity contribution in [2.75, 3.05) is 7.11 Å². The topological polar surface area (TPSA) is 29.5 Å². The second kappa shape index (κ2) is 4.65. The highest BCUT2D eigenvalue weighted by molar-refractivity contribution is 5.96. The SMILES string of the molecule is COc1cc(O)cc(-c2cccc3ccccc23)c1. The van der Waals surface area contributed by atoms with Crippen molar-refractivity contribution in [1.29, 1.82) is 0 Å². The molecule has 2 heteroatoms. The van der Waals surface area contributed by atoms with E-state index in [4.69, 9.17) is 4.74 Å². The van der Waals surface area contributed by atoms with Crippen molar-refractivity contribution >= 4 is 10.8 Å². The van der Waals surface area contributed by atoms with Crippen molar-refractivity contribution in [2.24, 2.45) is 0 Å². The summed E-state index contributed by atoms with van der Waals surface area (Å²) in [5.41, 5.74) is 2.04. The molecule has 1 N–H and O–H groups in total. The van der Waals surface area contributed by atoms with E-state index < -0.39 is 0 Å². The Kier molecular flexibility index (Phi) is 2.84. The number of rotatable bonds is 2. The van der Waals surface area contributed by atoms with Gasteiger partial charge in [0.25, 0.3) is 0 Å².